The number of para-hydroxylation sites is 1. The SMILES string of the molecule is O=C(c1cccnc1)N1CCN(c2ccc(=O)n(-c3ccccc3)n2)CC1. The summed E-state index contributed by atoms with van der Waals surface area (Å²) in [5, 5.41) is 4.51. The van der Waals surface area contributed by atoms with Crippen LogP contribution in [0.25, 0.3) is 5.69 Å². The van der Waals surface area contributed by atoms with Gasteiger partial charge in [-0.2, -0.15) is 4.68 Å². The number of carbonyl (C=O) groups is 1. The van der Waals surface area contributed by atoms with E-state index in [0.717, 1.165) is 11.5 Å². The van der Waals surface area contributed by atoms with Gasteiger partial charge in [-0.15, -0.1) is 5.10 Å². The maximum Gasteiger partial charge on any atom is 0.271 e. The van der Waals surface area contributed by atoms with E-state index in [0.29, 0.717) is 31.7 Å². The number of anilines is 1. The molecule has 1 aromatic carbocycles. The van der Waals surface area contributed by atoms with Crippen LogP contribution in [0.15, 0.2) is 71.8 Å². The van der Waals surface area contributed by atoms with Crippen molar-refractivity contribution in [3.8, 4) is 5.69 Å². The molecule has 7 nitrogen and oxygen atoms in total. The van der Waals surface area contributed by atoms with Crippen LogP contribution in [0.4, 0.5) is 5.82 Å². The van der Waals surface area contributed by atoms with Crippen LogP contribution in [0.1, 0.15) is 10.4 Å². The Labute approximate surface area is 156 Å². The minimum absolute atomic E-state index is 0.00929. The molecule has 136 valence electrons. The van der Waals surface area contributed by atoms with Crippen molar-refractivity contribution in [2.24, 2.45) is 0 Å². The number of hydrogen-bond donors (Lipinski definition) is 0. The number of pyridine rings is 1. The van der Waals surface area contributed by atoms with Gasteiger partial charge in [0.15, 0.2) is 0 Å². The van der Waals surface area contributed by atoms with Crippen LogP contribution in [-0.2, 0) is 0 Å². The van der Waals surface area contributed by atoms with Crippen LogP contribution >= 0.6 is 0 Å². The Morgan fingerprint density at radius 3 is 2.37 bits per heavy atom. The average molecular weight is 361 g/mol. The lowest BCUT2D eigenvalue weighted by atomic mass is 10.2. The molecule has 0 saturated carbocycles. The molecule has 0 unspecified atom stereocenters. The van der Waals surface area contributed by atoms with Gasteiger partial charge < -0.3 is 9.80 Å². The third kappa shape index (κ3) is 3.57. The fraction of sp³-hybridized carbons (Fsp3) is 0.200. The van der Waals surface area contributed by atoms with Crippen molar-refractivity contribution in [2.75, 3.05) is 31.1 Å². The van der Waals surface area contributed by atoms with Crippen molar-refractivity contribution in [3.63, 3.8) is 0 Å². The average Bonchev–Trinajstić information content (AvgIpc) is 2.75. The summed E-state index contributed by atoms with van der Waals surface area (Å²) in [4.78, 5) is 32.6. The number of carbonyl (C=O) groups excluding carboxylic acids is 1. The van der Waals surface area contributed by atoms with Gasteiger partial charge in [0.25, 0.3) is 11.5 Å². The summed E-state index contributed by atoms with van der Waals surface area (Å²) < 4.78 is 1.41. The minimum atomic E-state index is -0.171. The molecule has 27 heavy (non-hydrogen) atoms. The van der Waals surface area contributed by atoms with Gasteiger partial charge >= 0.3 is 0 Å². The number of piperazine rings is 1. The maximum atomic E-state index is 12.5. The molecule has 1 amide bonds. The second-order valence-electron chi connectivity index (χ2n) is 6.30. The molecule has 1 saturated heterocycles. The molecule has 1 aliphatic heterocycles. The summed E-state index contributed by atoms with van der Waals surface area (Å²) in [6.07, 6.45) is 3.24. The second-order valence-corrected chi connectivity index (χ2v) is 6.30. The Morgan fingerprint density at radius 1 is 0.889 bits per heavy atom. The number of rotatable bonds is 3. The Hall–Kier alpha value is -3.48. The summed E-state index contributed by atoms with van der Waals surface area (Å²) in [7, 11) is 0. The van der Waals surface area contributed by atoms with E-state index in [1.54, 1.807) is 30.6 Å². The van der Waals surface area contributed by atoms with Gasteiger partial charge in [-0.1, -0.05) is 18.2 Å². The Bertz CT molecular complexity index is 980. The smallest absolute Gasteiger partial charge is 0.271 e. The Morgan fingerprint density at radius 2 is 1.67 bits per heavy atom. The van der Waals surface area contributed by atoms with Gasteiger partial charge in [0.2, 0.25) is 0 Å². The first-order chi connectivity index (χ1) is 13.2. The van der Waals surface area contributed by atoms with Crippen molar-refractivity contribution >= 4 is 11.7 Å². The molecular formula is C20H19N5O2. The van der Waals surface area contributed by atoms with E-state index in [-0.39, 0.29) is 11.5 Å². The van der Waals surface area contributed by atoms with Crippen molar-refractivity contribution in [1.29, 1.82) is 0 Å². The van der Waals surface area contributed by atoms with Gasteiger partial charge in [-0.25, -0.2) is 0 Å². The number of nitrogens with zero attached hydrogens (tertiary/aromatic N) is 5. The summed E-state index contributed by atoms with van der Waals surface area (Å²) in [5.74, 6) is 0.719. The van der Waals surface area contributed by atoms with Gasteiger partial charge in [0, 0.05) is 44.6 Å². The molecule has 0 bridgehead atoms. The zero-order valence-electron chi connectivity index (χ0n) is 14.7. The van der Waals surface area contributed by atoms with Crippen molar-refractivity contribution in [2.45, 2.75) is 0 Å². The molecule has 0 radical (unpaired) electrons. The van der Waals surface area contributed by atoms with E-state index in [1.807, 2.05) is 35.2 Å². The molecule has 0 N–H and O–H groups in total. The fourth-order valence-corrected chi connectivity index (χ4v) is 3.13. The normalized spacial score (nSPS) is 14.2. The molecule has 0 atom stereocenters. The van der Waals surface area contributed by atoms with Crippen LogP contribution in [-0.4, -0.2) is 51.8 Å². The highest BCUT2D eigenvalue weighted by Crippen LogP contribution is 2.15. The molecule has 1 fully saturated rings. The lowest BCUT2D eigenvalue weighted by Gasteiger charge is -2.35. The zero-order valence-corrected chi connectivity index (χ0v) is 14.7. The highest BCUT2D eigenvalue weighted by molar-refractivity contribution is 5.94. The maximum absolute atomic E-state index is 12.5. The molecule has 1 aliphatic rings. The standard InChI is InChI=1S/C20H19N5O2/c26-19-9-8-18(22-25(19)17-6-2-1-3-7-17)23-11-13-24(14-12-23)20(27)16-5-4-10-21-15-16/h1-10,15H,11-14H2. The van der Waals surface area contributed by atoms with Crippen molar-refractivity contribution < 1.29 is 4.79 Å². The predicted octanol–water partition coefficient (Wildman–Crippen LogP) is 1.59. The molecule has 2 aromatic heterocycles. The summed E-state index contributed by atoms with van der Waals surface area (Å²) >= 11 is 0. The first-order valence-corrected chi connectivity index (χ1v) is 8.82. The number of aromatic nitrogens is 3. The van der Waals surface area contributed by atoms with E-state index in [2.05, 4.69) is 15.0 Å². The molecule has 4 rings (SSSR count). The highest BCUT2D eigenvalue weighted by Gasteiger charge is 2.23. The summed E-state index contributed by atoms with van der Waals surface area (Å²) in [6.45, 7) is 2.51. The lowest BCUT2D eigenvalue weighted by molar-refractivity contribution is 0.0746. The first-order valence-electron chi connectivity index (χ1n) is 8.82. The van der Waals surface area contributed by atoms with Gasteiger partial charge in [0.1, 0.15) is 5.82 Å². The topological polar surface area (TPSA) is 71.3 Å². The van der Waals surface area contributed by atoms with Gasteiger partial charge in [-0.3, -0.25) is 14.6 Å². The van der Waals surface area contributed by atoms with Crippen LogP contribution in [0.3, 0.4) is 0 Å². The lowest BCUT2D eigenvalue weighted by Crippen LogP contribution is -2.49. The van der Waals surface area contributed by atoms with Crippen molar-refractivity contribution in [3.05, 3.63) is 82.9 Å². The summed E-state index contributed by atoms with van der Waals surface area (Å²) in [6, 6.07) is 16.2. The quantitative estimate of drug-likeness (QED) is 0.708. The number of amides is 1. The van der Waals surface area contributed by atoms with Crippen LogP contribution in [0.2, 0.25) is 0 Å². The second kappa shape index (κ2) is 7.41. The van der Waals surface area contributed by atoms with Gasteiger partial charge in [-0.05, 0) is 30.3 Å². The molecule has 3 heterocycles. The molecule has 0 spiro atoms. The molecular weight excluding hydrogens is 342 g/mol. The number of benzene rings is 1. The fourth-order valence-electron chi connectivity index (χ4n) is 3.13. The number of hydrogen-bond acceptors (Lipinski definition) is 5. The minimum Gasteiger partial charge on any atom is -0.352 e. The Kier molecular flexibility index (Phi) is 4.65. The molecule has 3 aromatic rings. The van der Waals surface area contributed by atoms with Crippen LogP contribution in [0, 0.1) is 0 Å². The monoisotopic (exact) mass is 361 g/mol. The largest absolute Gasteiger partial charge is 0.352 e. The van der Waals surface area contributed by atoms with E-state index >= 15 is 0 Å². The third-order valence-corrected chi connectivity index (χ3v) is 4.59. The van der Waals surface area contributed by atoms with Gasteiger partial charge in [0.05, 0.1) is 11.3 Å². The van der Waals surface area contributed by atoms with E-state index < -0.39 is 0 Å². The van der Waals surface area contributed by atoms with Crippen LogP contribution < -0.4 is 10.5 Å². The third-order valence-electron chi connectivity index (χ3n) is 4.59. The van der Waals surface area contributed by atoms with E-state index in [9.17, 15) is 9.59 Å². The van der Waals surface area contributed by atoms with Crippen LogP contribution in [0.5, 0.6) is 0 Å². The summed E-state index contributed by atoms with van der Waals surface area (Å²) in [5.41, 5.74) is 1.16. The Balaban J connectivity index is 1.49. The van der Waals surface area contributed by atoms with E-state index in [4.69, 9.17) is 0 Å². The predicted molar refractivity (Wildman–Crippen MR) is 102 cm³/mol. The highest BCUT2D eigenvalue weighted by atomic mass is 16.2. The van der Waals surface area contributed by atoms with E-state index in [1.165, 1.54) is 10.7 Å². The van der Waals surface area contributed by atoms with Crippen molar-refractivity contribution in [1.82, 2.24) is 19.7 Å². The molecule has 7 heteroatoms. The first kappa shape index (κ1) is 17.0. The molecule has 0 aliphatic carbocycles. The zero-order chi connectivity index (χ0) is 18.6.